The highest BCUT2D eigenvalue weighted by molar-refractivity contribution is 6.35. The van der Waals surface area contributed by atoms with Crippen LogP contribution in [0.4, 0.5) is 0 Å². The van der Waals surface area contributed by atoms with Crippen molar-refractivity contribution in [1.29, 1.82) is 0 Å². The van der Waals surface area contributed by atoms with Gasteiger partial charge in [-0.15, -0.1) is 0 Å². The van der Waals surface area contributed by atoms with Crippen LogP contribution in [0.25, 0.3) is 0 Å². The Bertz CT molecular complexity index is 560. The lowest BCUT2D eigenvalue weighted by atomic mass is 10.0. The molecular weight excluding hydrogens is 293 g/mol. The van der Waals surface area contributed by atoms with Crippen molar-refractivity contribution in [1.82, 2.24) is 4.98 Å². The molecule has 0 bridgehead atoms. The first kappa shape index (κ1) is 13.6. The summed E-state index contributed by atoms with van der Waals surface area (Å²) >= 11 is 17.9. The van der Waals surface area contributed by atoms with Crippen LogP contribution in [0.1, 0.15) is 17.2 Å². The molecule has 0 saturated heterocycles. The summed E-state index contributed by atoms with van der Waals surface area (Å²) in [6.07, 6.45) is 2.75. The van der Waals surface area contributed by atoms with E-state index in [0.717, 1.165) is 5.56 Å². The summed E-state index contributed by atoms with van der Waals surface area (Å²) in [5, 5.41) is 11.7. The Morgan fingerprint density at radius 1 is 1.11 bits per heavy atom. The maximum absolute atomic E-state index is 10.1. The first-order chi connectivity index (χ1) is 8.58. The standard InChI is InChI=1S/C13H10Cl3NO/c14-9-2-1-8(11(15)6-9)5-13(18)10-3-4-17-7-12(10)16/h1-4,6-7,13,18H,5H2. The lowest BCUT2D eigenvalue weighted by Crippen LogP contribution is -2.03. The minimum atomic E-state index is -0.723. The number of aliphatic hydroxyl groups is 1. The molecule has 0 aliphatic rings. The van der Waals surface area contributed by atoms with Gasteiger partial charge in [0.05, 0.1) is 11.1 Å². The van der Waals surface area contributed by atoms with Crippen molar-refractivity contribution in [3.8, 4) is 0 Å². The summed E-state index contributed by atoms with van der Waals surface area (Å²) < 4.78 is 0. The molecule has 1 aromatic carbocycles. The normalized spacial score (nSPS) is 12.4. The van der Waals surface area contributed by atoms with Gasteiger partial charge in [-0.1, -0.05) is 40.9 Å². The van der Waals surface area contributed by atoms with Crippen LogP contribution in [0.3, 0.4) is 0 Å². The molecule has 2 nitrogen and oxygen atoms in total. The zero-order valence-corrected chi connectivity index (χ0v) is 11.5. The van der Waals surface area contributed by atoms with Crippen LogP contribution in [0.2, 0.25) is 15.1 Å². The van der Waals surface area contributed by atoms with E-state index < -0.39 is 6.10 Å². The van der Waals surface area contributed by atoms with Gasteiger partial charge in [0.25, 0.3) is 0 Å². The summed E-state index contributed by atoms with van der Waals surface area (Å²) in [6, 6.07) is 6.88. The predicted molar refractivity (Wildman–Crippen MR) is 74.4 cm³/mol. The molecule has 0 aliphatic carbocycles. The van der Waals surface area contributed by atoms with Crippen LogP contribution in [0.15, 0.2) is 36.7 Å². The predicted octanol–water partition coefficient (Wildman–Crippen LogP) is 4.32. The van der Waals surface area contributed by atoms with Crippen LogP contribution in [-0.4, -0.2) is 10.1 Å². The van der Waals surface area contributed by atoms with Gasteiger partial charge < -0.3 is 5.11 Å². The zero-order chi connectivity index (χ0) is 13.1. The second-order valence-corrected chi connectivity index (χ2v) is 5.10. The SMILES string of the molecule is OC(Cc1ccc(Cl)cc1Cl)c1ccncc1Cl. The molecule has 18 heavy (non-hydrogen) atoms. The van der Waals surface area contributed by atoms with E-state index in [2.05, 4.69) is 4.98 Å². The molecule has 1 N–H and O–H groups in total. The van der Waals surface area contributed by atoms with Crippen molar-refractivity contribution >= 4 is 34.8 Å². The van der Waals surface area contributed by atoms with E-state index in [-0.39, 0.29) is 0 Å². The maximum atomic E-state index is 10.1. The lowest BCUT2D eigenvalue weighted by molar-refractivity contribution is 0.178. The first-order valence-corrected chi connectivity index (χ1v) is 6.42. The number of benzene rings is 1. The Hall–Kier alpha value is -0.800. The van der Waals surface area contributed by atoms with E-state index in [1.165, 1.54) is 6.20 Å². The minimum Gasteiger partial charge on any atom is -0.388 e. The molecule has 2 aromatic rings. The van der Waals surface area contributed by atoms with Crippen LogP contribution in [0, 0.1) is 0 Å². The third-order valence-corrected chi connectivity index (χ3v) is 3.49. The average Bonchev–Trinajstić information content (AvgIpc) is 2.33. The molecular formula is C13H10Cl3NO. The van der Waals surface area contributed by atoms with Crippen molar-refractivity contribution in [2.45, 2.75) is 12.5 Å². The van der Waals surface area contributed by atoms with E-state index in [1.54, 1.807) is 30.5 Å². The fourth-order valence-electron chi connectivity index (χ4n) is 1.66. The van der Waals surface area contributed by atoms with Crippen molar-refractivity contribution in [2.24, 2.45) is 0 Å². The Balaban J connectivity index is 2.21. The van der Waals surface area contributed by atoms with Crippen LogP contribution < -0.4 is 0 Å². The Kier molecular flexibility index (Phi) is 4.46. The molecule has 94 valence electrons. The summed E-state index contributed by atoms with van der Waals surface area (Å²) in [6.45, 7) is 0. The Morgan fingerprint density at radius 3 is 2.56 bits per heavy atom. The number of pyridine rings is 1. The zero-order valence-electron chi connectivity index (χ0n) is 9.28. The fourth-order valence-corrected chi connectivity index (χ4v) is 2.39. The summed E-state index contributed by atoms with van der Waals surface area (Å²) in [5.41, 5.74) is 1.46. The van der Waals surface area contributed by atoms with E-state index >= 15 is 0 Å². The molecule has 0 radical (unpaired) electrons. The van der Waals surface area contributed by atoms with Gasteiger partial charge in [0.1, 0.15) is 0 Å². The fraction of sp³-hybridized carbons (Fsp3) is 0.154. The molecule has 0 spiro atoms. The highest BCUT2D eigenvalue weighted by Gasteiger charge is 2.14. The largest absolute Gasteiger partial charge is 0.388 e. The van der Waals surface area contributed by atoms with Crippen LogP contribution >= 0.6 is 34.8 Å². The summed E-state index contributed by atoms with van der Waals surface area (Å²) in [4.78, 5) is 3.88. The molecule has 0 fully saturated rings. The van der Waals surface area contributed by atoms with E-state index in [9.17, 15) is 5.11 Å². The molecule has 2 rings (SSSR count). The number of nitrogens with zero attached hydrogens (tertiary/aromatic N) is 1. The third-order valence-electron chi connectivity index (χ3n) is 2.59. The monoisotopic (exact) mass is 301 g/mol. The number of halogens is 3. The van der Waals surface area contributed by atoms with Gasteiger partial charge in [0.2, 0.25) is 0 Å². The molecule has 0 amide bonds. The van der Waals surface area contributed by atoms with Gasteiger partial charge in [0.15, 0.2) is 0 Å². The first-order valence-electron chi connectivity index (χ1n) is 5.29. The van der Waals surface area contributed by atoms with Crippen molar-refractivity contribution in [3.05, 3.63) is 62.9 Å². The summed E-state index contributed by atoms with van der Waals surface area (Å²) in [5.74, 6) is 0. The van der Waals surface area contributed by atoms with E-state index in [0.29, 0.717) is 27.1 Å². The van der Waals surface area contributed by atoms with Crippen LogP contribution in [0.5, 0.6) is 0 Å². The smallest absolute Gasteiger partial charge is 0.0846 e. The van der Waals surface area contributed by atoms with Crippen molar-refractivity contribution in [2.75, 3.05) is 0 Å². The van der Waals surface area contributed by atoms with Crippen molar-refractivity contribution in [3.63, 3.8) is 0 Å². The van der Waals surface area contributed by atoms with Crippen molar-refractivity contribution < 1.29 is 5.11 Å². The Morgan fingerprint density at radius 2 is 1.89 bits per heavy atom. The number of rotatable bonds is 3. The second kappa shape index (κ2) is 5.89. The molecule has 1 heterocycles. The highest BCUT2D eigenvalue weighted by atomic mass is 35.5. The minimum absolute atomic E-state index is 0.375. The highest BCUT2D eigenvalue weighted by Crippen LogP contribution is 2.28. The van der Waals surface area contributed by atoms with E-state index in [1.807, 2.05) is 0 Å². The summed E-state index contributed by atoms with van der Waals surface area (Å²) in [7, 11) is 0. The lowest BCUT2D eigenvalue weighted by Gasteiger charge is -2.13. The van der Waals surface area contributed by atoms with Gasteiger partial charge in [-0.05, 0) is 23.8 Å². The second-order valence-electron chi connectivity index (χ2n) is 3.85. The van der Waals surface area contributed by atoms with Gasteiger partial charge in [-0.3, -0.25) is 4.98 Å². The topological polar surface area (TPSA) is 33.1 Å². The van der Waals surface area contributed by atoms with Gasteiger partial charge >= 0.3 is 0 Å². The van der Waals surface area contributed by atoms with Gasteiger partial charge in [-0.2, -0.15) is 0 Å². The number of hydrogen-bond donors (Lipinski definition) is 1. The number of aliphatic hydroxyl groups excluding tert-OH is 1. The number of hydrogen-bond acceptors (Lipinski definition) is 2. The van der Waals surface area contributed by atoms with Gasteiger partial charge in [0, 0.05) is 34.4 Å². The average molecular weight is 303 g/mol. The Labute approximate surface area is 120 Å². The molecule has 1 unspecified atom stereocenters. The number of aromatic nitrogens is 1. The molecule has 0 aliphatic heterocycles. The molecule has 5 heteroatoms. The molecule has 1 atom stereocenters. The molecule has 0 saturated carbocycles. The van der Waals surface area contributed by atoms with Gasteiger partial charge in [-0.25, -0.2) is 0 Å². The van der Waals surface area contributed by atoms with E-state index in [4.69, 9.17) is 34.8 Å². The maximum Gasteiger partial charge on any atom is 0.0846 e. The molecule has 1 aromatic heterocycles. The quantitative estimate of drug-likeness (QED) is 0.916. The van der Waals surface area contributed by atoms with Crippen LogP contribution in [-0.2, 0) is 6.42 Å². The third kappa shape index (κ3) is 3.15.